The maximum absolute atomic E-state index is 12.5. The molecule has 3 amide bonds. The molecule has 1 atom stereocenters. The van der Waals surface area contributed by atoms with Crippen molar-refractivity contribution in [3.8, 4) is 0 Å². The Hall–Kier alpha value is -2.70. The molecule has 7 heteroatoms. The number of nitrogens with zero attached hydrogens (tertiary/aromatic N) is 1. The first-order chi connectivity index (χ1) is 10.5. The molecule has 0 aromatic carbocycles. The van der Waals surface area contributed by atoms with Crippen LogP contribution in [0.25, 0.3) is 0 Å². The molecule has 1 aliphatic carbocycles. The summed E-state index contributed by atoms with van der Waals surface area (Å²) in [5, 5.41) is 12.3. The normalized spacial score (nSPS) is 18.8. The summed E-state index contributed by atoms with van der Waals surface area (Å²) in [7, 11) is 1.39. The Morgan fingerprint density at radius 1 is 1.45 bits per heavy atom. The minimum atomic E-state index is -1.08. The smallest absolute Gasteiger partial charge is 0.265 e. The molecule has 1 aliphatic heterocycles. The van der Waals surface area contributed by atoms with Crippen LogP contribution >= 0.6 is 0 Å². The van der Waals surface area contributed by atoms with E-state index in [0.29, 0.717) is 6.29 Å². The second-order valence-electron chi connectivity index (χ2n) is 4.89. The Labute approximate surface area is 127 Å². The highest BCUT2D eigenvalue weighted by Gasteiger charge is 2.46. The summed E-state index contributed by atoms with van der Waals surface area (Å²) in [6, 6.07) is -1.08. The van der Waals surface area contributed by atoms with Gasteiger partial charge in [-0.25, -0.2) is 0 Å². The molecule has 0 radical (unpaired) electrons. The maximum atomic E-state index is 12.5. The number of nitrogens with one attached hydrogen (secondary N) is 1. The van der Waals surface area contributed by atoms with Crippen molar-refractivity contribution in [2.24, 2.45) is 0 Å². The lowest BCUT2D eigenvalue weighted by molar-refractivity contribution is -0.145. The molecule has 0 aromatic rings. The van der Waals surface area contributed by atoms with Gasteiger partial charge in [0.05, 0.1) is 11.1 Å². The monoisotopic (exact) mass is 304 g/mol. The lowest BCUT2D eigenvalue weighted by Crippen LogP contribution is -2.48. The first kappa shape index (κ1) is 15.7. The molecule has 0 bridgehead atoms. The number of allylic oxidation sites excluding steroid dienone is 3. The van der Waals surface area contributed by atoms with Gasteiger partial charge in [0.15, 0.2) is 0 Å². The number of hydrogen-bond acceptors (Lipinski definition) is 5. The van der Waals surface area contributed by atoms with E-state index in [-0.39, 0.29) is 36.2 Å². The summed E-state index contributed by atoms with van der Waals surface area (Å²) in [4.78, 5) is 48.3. The number of amides is 3. The van der Waals surface area contributed by atoms with Gasteiger partial charge in [0.1, 0.15) is 18.1 Å². The van der Waals surface area contributed by atoms with Crippen molar-refractivity contribution >= 4 is 24.0 Å². The molecule has 22 heavy (non-hydrogen) atoms. The third kappa shape index (κ3) is 2.57. The molecule has 1 heterocycles. The quantitative estimate of drug-likeness (QED) is 0.556. The van der Waals surface area contributed by atoms with E-state index in [4.69, 9.17) is 0 Å². The van der Waals surface area contributed by atoms with Crippen molar-refractivity contribution in [2.45, 2.75) is 25.3 Å². The predicted octanol–water partition coefficient (Wildman–Crippen LogP) is 0.147. The Balaban J connectivity index is 2.44. The Kier molecular flexibility index (Phi) is 4.55. The van der Waals surface area contributed by atoms with Crippen molar-refractivity contribution in [1.82, 2.24) is 10.2 Å². The van der Waals surface area contributed by atoms with Crippen molar-refractivity contribution in [3.63, 3.8) is 0 Å². The van der Waals surface area contributed by atoms with Gasteiger partial charge < -0.3 is 15.2 Å². The summed E-state index contributed by atoms with van der Waals surface area (Å²) in [5.41, 5.74) is -0.00809. The maximum Gasteiger partial charge on any atom is 0.265 e. The zero-order chi connectivity index (χ0) is 16.3. The van der Waals surface area contributed by atoms with Crippen LogP contribution < -0.4 is 5.32 Å². The minimum absolute atomic E-state index is 0.0395. The summed E-state index contributed by atoms with van der Waals surface area (Å²) in [5.74, 6) is -2.09. The number of rotatable bonds is 5. The van der Waals surface area contributed by atoms with Crippen molar-refractivity contribution < 1.29 is 24.3 Å². The fourth-order valence-electron chi connectivity index (χ4n) is 2.50. The van der Waals surface area contributed by atoms with E-state index in [9.17, 15) is 24.3 Å². The molecular formula is C15H16N2O5. The van der Waals surface area contributed by atoms with E-state index in [0.717, 1.165) is 4.90 Å². The van der Waals surface area contributed by atoms with E-state index in [1.807, 2.05) is 0 Å². The summed E-state index contributed by atoms with van der Waals surface area (Å²) < 4.78 is 0. The fraction of sp³-hybridized carbons (Fsp3) is 0.333. The molecule has 2 aliphatic rings. The SMILES string of the molecule is CNC(=O)C(CCC=O)N1C(=O)C2=CC=CCC(O)=C2C1=O. The lowest BCUT2D eigenvalue weighted by Gasteiger charge is -2.23. The van der Waals surface area contributed by atoms with Gasteiger partial charge in [0, 0.05) is 19.9 Å². The molecule has 1 unspecified atom stereocenters. The van der Waals surface area contributed by atoms with Crippen LogP contribution in [0.15, 0.2) is 35.1 Å². The Bertz CT molecular complexity index is 630. The highest BCUT2D eigenvalue weighted by atomic mass is 16.3. The van der Waals surface area contributed by atoms with Crippen LogP contribution in [0.4, 0.5) is 0 Å². The van der Waals surface area contributed by atoms with Crippen LogP contribution in [0.5, 0.6) is 0 Å². The number of imide groups is 1. The van der Waals surface area contributed by atoms with Crippen LogP contribution in [-0.2, 0) is 19.2 Å². The lowest BCUT2D eigenvalue weighted by atomic mass is 10.1. The van der Waals surface area contributed by atoms with E-state index >= 15 is 0 Å². The molecule has 2 rings (SSSR count). The minimum Gasteiger partial charge on any atom is -0.511 e. The number of aldehydes is 1. The molecule has 116 valence electrons. The highest BCUT2D eigenvalue weighted by Crippen LogP contribution is 2.32. The van der Waals surface area contributed by atoms with Crippen LogP contribution in [0.2, 0.25) is 0 Å². The van der Waals surface area contributed by atoms with E-state index < -0.39 is 23.8 Å². The molecule has 2 N–H and O–H groups in total. The van der Waals surface area contributed by atoms with Gasteiger partial charge in [0.25, 0.3) is 11.8 Å². The average Bonchev–Trinajstić information content (AvgIpc) is 2.66. The van der Waals surface area contributed by atoms with Crippen molar-refractivity contribution in [2.75, 3.05) is 7.05 Å². The topological polar surface area (TPSA) is 104 Å². The van der Waals surface area contributed by atoms with Crippen LogP contribution in [0.1, 0.15) is 19.3 Å². The highest BCUT2D eigenvalue weighted by molar-refractivity contribution is 6.26. The number of likely N-dealkylation sites (N-methyl/N-ethyl adjacent to an activating group) is 1. The Morgan fingerprint density at radius 3 is 2.82 bits per heavy atom. The van der Waals surface area contributed by atoms with Crippen LogP contribution in [0, 0.1) is 0 Å². The number of carbonyl (C=O) groups excluding carboxylic acids is 4. The molecule has 0 aromatic heterocycles. The first-order valence-electron chi connectivity index (χ1n) is 6.85. The van der Waals surface area contributed by atoms with Crippen molar-refractivity contribution in [1.29, 1.82) is 0 Å². The van der Waals surface area contributed by atoms with Crippen LogP contribution in [0.3, 0.4) is 0 Å². The van der Waals surface area contributed by atoms with Gasteiger partial charge in [-0.1, -0.05) is 12.2 Å². The summed E-state index contributed by atoms with van der Waals surface area (Å²) in [6.07, 6.45) is 5.49. The summed E-state index contributed by atoms with van der Waals surface area (Å²) >= 11 is 0. The van der Waals surface area contributed by atoms with E-state index in [1.54, 1.807) is 12.2 Å². The molecular weight excluding hydrogens is 288 g/mol. The second-order valence-corrected chi connectivity index (χ2v) is 4.89. The van der Waals surface area contributed by atoms with E-state index in [2.05, 4.69) is 5.32 Å². The third-order valence-corrected chi connectivity index (χ3v) is 3.57. The second kappa shape index (κ2) is 6.38. The standard InChI is InChI=1S/C15H16N2O5/c1-16-13(20)10(6-4-8-18)17-14(21)9-5-2-3-7-11(19)12(9)15(17)22/h2-3,5,8,10,19H,4,6-7H2,1H3,(H,16,20). The third-order valence-electron chi connectivity index (χ3n) is 3.57. The molecule has 1 fully saturated rings. The van der Waals surface area contributed by atoms with Gasteiger partial charge in [0.2, 0.25) is 5.91 Å². The number of carbonyl (C=O) groups is 4. The number of likely N-dealkylation sites (tertiary alicyclic amines) is 1. The Morgan fingerprint density at radius 2 is 2.18 bits per heavy atom. The van der Waals surface area contributed by atoms with E-state index in [1.165, 1.54) is 13.1 Å². The largest absolute Gasteiger partial charge is 0.511 e. The molecule has 0 spiro atoms. The van der Waals surface area contributed by atoms with Gasteiger partial charge in [-0.05, 0) is 12.5 Å². The van der Waals surface area contributed by atoms with Crippen LogP contribution in [-0.4, -0.2) is 47.1 Å². The number of aliphatic hydroxyl groups is 1. The average molecular weight is 304 g/mol. The predicted molar refractivity (Wildman–Crippen MR) is 76.5 cm³/mol. The van der Waals surface area contributed by atoms with Gasteiger partial charge in [-0.15, -0.1) is 0 Å². The van der Waals surface area contributed by atoms with Gasteiger partial charge in [-0.2, -0.15) is 0 Å². The molecule has 7 nitrogen and oxygen atoms in total. The zero-order valence-electron chi connectivity index (χ0n) is 12.0. The number of aliphatic hydroxyl groups excluding tert-OH is 1. The number of fused-ring (bicyclic) bond motifs is 1. The van der Waals surface area contributed by atoms with Gasteiger partial charge >= 0.3 is 0 Å². The fourth-order valence-corrected chi connectivity index (χ4v) is 2.50. The first-order valence-corrected chi connectivity index (χ1v) is 6.85. The molecule has 0 saturated carbocycles. The molecule has 1 saturated heterocycles. The summed E-state index contributed by atoms with van der Waals surface area (Å²) in [6.45, 7) is 0. The van der Waals surface area contributed by atoms with Crippen molar-refractivity contribution in [3.05, 3.63) is 35.1 Å². The van der Waals surface area contributed by atoms with Gasteiger partial charge in [-0.3, -0.25) is 19.3 Å². The number of hydrogen-bond donors (Lipinski definition) is 2. The zero-order valence-corrected chi connectivity index (χ0v) is 12.0.